The largest absolute Gasteiger partial charge is 0.313 e. The van der Waals surface area contributed by atoms with Gasteiger partial charge in [-0.2, -0.15) is 11.8 Å². The molecule has 1 aliphatic heterocycles. The zero-order chi connectivity index (χ0) is 14.5. The molecule has 0 saturated carbocycles. The predicted octanol–water partition coefficient (Wildman–Crippen LogP) is 4.15. The van der Waals surface area contributed by atoms with E-state index in [4.69, 9.17) is 0 Å². The van der Waals surface area contributed by atoms with Crippen LogP contribution in [-0.2, 0) is 0 Å². The van der Waals surface area contributed by atoms with Gasteiger partial charge in [0.15, 0.2) is 0 Å². The van der Waals surface area contributed by atoms with Gasteiger partial charge >= 0.3 is 0 Å². The maximum Gasteiger partial charge on any atom is 0.0108 e. The van der Waals surface area contributed by atoms with Gasteiger partial charge in [-0.15, -0.1) is 0 Å². The molecule has 2 nitrogen and oxygen atoms in total. The molecule has 0 aromatic rings. The molecule has 0 aliphatic carbocycles. The summed E-state index contributed by atoms with van der Waals surface area (Å²) in [6, 6.07) is 0.771. The Hall–Kier alpha value is 0.270. The molecule has 0 unspecified atom stereocenters. The standard InChI is InChI=1S/C17H36N2S/c1-3-5-7-9-17(10-8-6-4-2)18-11-12-19-13-15-20-16-14-19/h17-18H,3-16H2,1-2H3. The first-order valence-electron chi connectivity index (χ1n) is 8.90. The van der Waals surface area contributed by atoms with Gasteiger partial charge in [0.05, 0.1) is 0 Å². The molecule has 0 spiro atoms. The third-order valence-corrected chi connectivity index (χ3v) is 5.22. The van der Waals surface area contributed by atoms with Crippen LogP contribution in [0.15, 0.2) is 0 Å². The Morgan fingerprint density at radius 1 is 0.950 bits per heavy atom. The van der Waals surface area contributed by atoms with Gasteiger partial charge in [0.25, 0.3) is 0 Å². The van der Waals surface area contributed by atoms with Crippen molar-refractivity contribution in [3.8, 4) is 0 Å². The van der Waals surface area contributed by atoms with Gasteiger partial charge in [-0.05, 0) is 12.8 Å². The Kier molecular flexibility index (Phi) is 11.9. The van der Waals surface area contributed by atoms with Crippen LogP contribution >= 0.6 is 11.8 Å². The molecule has 0 amide bonds. The van der Waals surface area contributed by atoms with E-state index in [-0.39, 0.29) is 0 Å². The van der Waals surface area contributed by atoms with Crippen molar-refractivity contribution in [1.82, 2.24) is 10.2 Å². The van der Waals surface area contributed by atoms with Crippen LogP contribution in [0.1, 0.15) is 65.2 Å². The third-order valence-electron chi connectivity index (χ3n) is 4.28. The van der Waals surface area contributed by atoms with Gasteiger partial charge in [0, 0.05) is 43.7 Å². The van der Waals surface area contributed by atoms with Gasteiger partial charge in [0.2, 0.25) is 0 Å². The van der Waals surface area contributed by atoms with Gasteiger partial charge in [0.1, 0.15) is 0 Å². The van der Waals surface area contributed by atoms with Crippen LogP contribution in [0.2, 0.25) is 0 Å². The Morgan fingerprint density at radius 2 is 1.55 bits per heavy atom. The molecule has 1 fully saturated rings. The molecule has 0 aromatic heterocycles. The number of hydrogen-bond donors (Lipinski definition) is 1. The van der Waals surface area contributed by atoms with Crippen molar-refractivity contribution in [3.63, 3.8) is 0 Å². The molecule has 20 heavy (non-hydrogen) atoms. The molecule has 1 rings (SSSR count). The zero-order valence-electron chi connectivity index (χ0n) is 13.8. The first-order valence-corrected chi connectivity index (χ1v) is 10.1. The van der Waals surface area contributed by atoms with Crippen LogP contribution in [0, 0.1) is 0 Å². The van der Waals surface area contributed by atoms with E-state index in [9.17, 15) is 0 Å². The van der Waals surface area contributed by atoms with E-state index in [1.165, 1.54) is 89.1 Å². The molecule has 0 radical (unpaired) electrons. The maximum absolute atomic E-state index is 3.84. The highest BCUT2D eigenvalue weighted by molar-refractivity contribution is 7.99. The first-order chi connectivity index (χ1) is 9.86. The maximum atomic E-state index is 3.84. The van der Waals surface area contributed by atoms with Crippen LogP contribution in [0.25, 0.3) is 0 Å². The Bertz CT molecular complexity index is 195. The summed E-state index contributed by atoms with van der Waals surface area (Å²) in [5.41, 5.74) is 0. The fourth-order valence-corrected chi connectivity index (χ4v) is 3.86. The summed E-state index contributed by atoms with van der Waals surface area (Å²) in [6.07, 6.45) is 11.0. The van der Waals surface area contributed by atoms with Gasteiger partial charge in [-0.1, -0.05) is 52.4 Å². The normalized spacial score (nSPS) is 16.9. The Labute approximate surface area is 131 Å². The number of nitrogens with one attached hydrogen (secondary N) is 1. The molecule has 120 valence electrons. The number of unbranched alkanes of at least 4 members (excludes halogenated alkanes) is 4. The number of hydrogen-bond acceptors (Lipinski definition) is 3. The molecule has 0 aromatic carbocycles. The molecule has 1 heterocycles. The summed E-state index contributed by atoms with van der Waals surface area (Å²) in [5, 5.41) is 3.84. The molecular weight excluding hydrogens is 264 g/mol. The minimum absolute atomic E-state index is 0.771. The summed E-state index contributed by atoms with van der Waals surface area (Å²) < 4.78 is 0. The monoisotopic (exact) mass is 300 g/mol. The van der Waals surface area contributed by atoms with E-state index in [2.05, 4.69) is 35.8 Å². The molecule has 0 atom stereocenters. The highest BCUT2D eigenvalue weighted by Gasteiger charge is 2.11. The van der Waals surface area contributed by atoms with Crippen molar-refractivity contribution in [3.05, 3.63) is 0 Å². The van der Waals surface area contributed by atoms with E-state index in [0.717, 1.165) is 6.04 Å². The van der Waals surface area contributed by atoms with E-state index in [1.807, 2.05) is 0 Å². The average molecular weight is 301 g/mol. The second-order valence-corrected chi connectivity index (χ2v) is 7.32. The Balaban J connectivity index is 2.12. The van der Waals surface area contributed by atoms with E-state index < -0.39 is 0 Å². The van der Waals surface area contributed by atoms with E-state index >= 15 is 0 Å². The van der Waals surface area contributed by atoms with Gasteiger partial charge in [-0.3, -0.25) is 0 Å². The van der Waals surface area contributed by atoms with Crippen LogP contribution < -0.4 is 5.32 Å². The van der Waals surface area contributed by atoms with E-state index in [1.54, 1.807) is 0 Å². The lowest BCUT2D eigenvalue weighted by Gasteiger charge is -2.27. The van der Waals surface area contributed by atoms with Crippen LogP contribution in [0.3, 0.4) is 0 Å². The quantitative estimate of drug-likeness (QED) is 0.545. The summed E-state index contributed by atoms with van der Waals surface area (Å²) in [7, 11) is 0. The van der Waals surface area contributed by atoms with Crippen molar-refractivity contribution in [2.75, 3.05) is 37.7 Å². The van der Waals surface area contributed by atoms with Crippen LogP contribution in [0.5, 0.6) is 0 Å². The smallest absolute Gasteiger partial charge is 0.0108 e. The Morgan fingerprint density at radius 3 is 2.10 bits per heavy atom. The topological polar surface area (TPSA) is 15.3 Å². The summed E-state index contributed by atoms with van der Waals surface area (Å²) in [4.78, 5) is 2.62. The molecular formula is C17H36N2S. The van der Waals surface area contributed by atoms with Gasteiger partial charge in [-0.25, -0.2) is 0 Å². The second kappa shape index (κ2) is 13.0. The molecule has 1 N–H and O–H groups in total. The molecule has 1 saturated heterocycles. The van der Waals surface area contributed by atoms with Crippen molar-refractivity contribution in [2.24, 2.45) is 0 Å². The number of thioether (sulfide) groups is 1. The minimum Gasteiger partial charge on any atom is -0.313 e. The third kappa shape index (κ3) is 9.25. The SMILES string of the molecule is CCCCCC(CCCCC)NCCN1CCSCC1. The van der Waals surface area contributed by atoms with Crippen molar-refractivity contribution in [2.45, 2.75) is 71.3 Å². The predicted molar refractivity (Wildman–Crippen MR) is 93.8 cm³/mol. The highest BCUT2D eigenvalue weighted by atomic mass is 32.2. The van der Waals surface area contributed by atoms with Crippen LogP contribution in [-0.4, -0.2) is 48.6 Å². The fraction of sp³-hybridized carbons (Fsp3) is 1.00. The highest BCUT2D eigenvalue weighted by Crippen LogP contribution is 2.11. The van der Waals surface area contributed by atoms with E-state index in [0.29, 0.717) is 0 Å². The van der Waals surface area contributed by atoms with Crippen molar-refractivity contribution < 1.29 is 0 Å². The minimum atomic E-state index is 0.771. The average Bonchev–Trinajstić information content (AvgIpc) is 2.48. The van der Waals surface area contributed by atoms with Gasteiger partial charge < -0.3 is 10.2 Å². The number of nitrogens with zero attached hydrogens (tertiary/aromatic N) is 1. The summed E-state index contributed by atoms with van der Waals surface area (Å²) >= 11 is 2.10. The van der Waals surface area contributed by atoms with Crippen molar-refractivity contribution in [1.29, 1.82) is 0 Å². The fourth-order valence-electron chi connectivity index (χ4n) is 2.88. The molecule has 1 aliphatic rings. The lowest BCUT2D eigenvalue weighted by Crippen LogP contribution is -2.40. The second-order valence-electron chi connectivity index (χ2n) is 6.10. The van der Waals surface area contributed by atoms with Crippen molar-refractivity contribution >= 4 is 11.8 Å². The number of rotatable bonds is 12. The van der Waals surface area contributed by atoms with Crippen LogP contribution in [0.4, 0.5) is 0 Å². The summed E-state index contributed by atoms with van der Waals surface area (Å²) in [5.74, 6) is 2.66. The lowest BCUT2D eigenvalue weighted by molar-refractivity contribution is 0.289. The summed E-state index contributed by atoms with van der Waals surface area (Å²) in [6.45, 7) is 9.62. The lowest BCUT2D eigenvalue weighted by atomic mass is 10.0. The molecule has 0 bridgehead atoms. The molecule has 3 heteroatoms. The first kappa shape index (κ1) is 18.3. The zero-order valence-corrected chi connectivity index (χ0v) is 14.6.